The van der Waals surface area contributed by atoms with Crippen molar-refractivity contribution in [2.45, 2.75) is 13.8 Å². The van der Waals surface area contributed by atoms with E-state index in [0.717, 1.165) is 16.8 Å². The highest BCUT2D eigenvalue weighted by Crippen LogP contribution is 2.15. The molecule has 76 valence electrons. The number of hydrogen-bond donors (Lipinski definition) is 0. The zero-order valence-electron chi connectivity index (χ0n) is 8.65. The molecule has 2 rings (SSSR count). The summed E-state index contributed by atoms with van der Waals surface area (Å²) in [6.07, 6.45) is 0. The number of carbonyl (C=O) groups is 1. The van der Waals surface area contributed by atoms with Gasteiger partial charge in [-0.3, -0.25) is 4.79 Å². The number of nitrogens with zero attached hydrogens (tertiary/aromatic N) is 1. The monoisotopic (exact) mass is 217 g/mol. The van der Waals surface area contributed by atoms with Crippen LogP contribution in [0, 0.1) is 13.8 Å². The summed E-state index contributed by atoms with van der Waals surface area (Å²) in [6.45, 7) is 3.87. The molecule has 0 atom stereocenters. The number of benzene rings is 1. The number of rotatable bonds is 2. The fraction of sp³-hybridized carbons (Fsp3) is 0.167. The van der Waals surface area contributed by atoms with Gasteiger partial charge in [-0.1, -0.05) is 23.8 Å². The molecule has 0 saturated carbocycles. The molecular weight excluding hydrogens is 206 g/mol. The maximum Gasteiger partial charge on any atom is 0.204 e. The van der Waals surface area contributed by atoms with Gasteiger partial charge in [0.2, 0.25) is 5.78 Å². The normalized spacial score (nSPS) is 10.3. The fourth-order valence-corrected chi connectivity index (χ4v) is 2.12. The highest BCUT2D eigenvalue weighted by Gasteiger charge is 2.11. The number of aromatic nitrogens is 1. The molecular formula is C12H11NOS. The lowest BCUT2D eigenvalue weighted by Gasteiger charge is -1.98. The third-order valence-electron chi connectivity index (χ3n) is 2.13. The first kappa shape index (κ1) is 10.1. The molecule has 0 aliphatic carbocycles. The van der Waals surface area contributed by atoms with E-state index in [4.69, 9.17) is 0 Å². The van der Waals surface area contributed by atoms with Gasteiger partial charge >= 0.3 is 0 Å². The van der Waals surface area contributed by atoms with Gasteiger partial charge in [-0.05, 0) is 37.5 Å². The van der Waals surface area contributed by atoms with E-state index in [1.54, 1.807) is 0 Å². The first-order chi connectivity index (χ1) is 7.16. The first-order valence-electron chi connectivity index (χ1n) is 4.71. The molecule has 0 bridgehead atoms. The predicted molar refractivity (Wildman–Crippen MR) is 61.5 cm³/mol. The van der Waals surface area contributed by atoms with Crippen molar-refractivity contribution in [3.63, 3.8) is 0 Å². The minimum absolute atomic E-state index is 0.0595. The molecule has 0 unspecified atom stereocenters. The van der Waals surface area contributed by atoms with Gasteiger partial charge in [-0.25, -0.2) is 0 Å². The van der Waals surface area contributed by atoms with E-state index in [9.17, 15) is 4.79 Å². The lowest BCUT2D eigenvalue weighted by Crippen LogP contribution is -1.98. The van der Waals surface area contributed by atoms with Crippen molar-refractivity contribution in [1.82, 2.24) is 4.37 Å². The Morgan fingerprint density at radius 1 is 1.27 bits per heavy atom. The van der Waals surface area contributed by atoms with Crippen LogP contribution in [0.3, 0.4) is 0 Å². The minimum Gasteiger partial charge on any atom is -0.288 e. The van der Waals surface area contributed by atoms with Crippen LogP contribution in [0.15, 0.2) is 30.3 Å². The van der Waals surface area contributed by atoms with Crippen molar-refractivity contribution in [2.75, 3.05) is 0 Å². The van der Waals surface area contributed by atoms with E-state index >= 15 is 0 Å². The van der Waals surface area contributed by atoms with Crippen LogP contribution in [0.5, 0.6) is 0 Å². The molecule has 0 aliphatic heterocycles. The average Bonchev–Trinajstić information content (AvgIpc) is 2.64. The number of carbonyl (C=O) groups excluding carboxylic acids is 1. The molecule has 15 heavy (non-hydrogen) atoms. The SMILES string of the molecule is Cc1cccc(C(=O)c2cc(C)ns2)c1. The molecule has 2 nitrogen and oxygen atoms in total. The molecule has 0 spiro atoms. The summed E-state index contributed by atoms with van der Waals surface area (Å²) in [4.78, 5) is 12.7. The standard InChI is InChI=1S/C12H11NOS/c1-8-4-3-5-10(6-8)12(14)11-7-9(2)13-15-11/h3-7H,1-2H3. The number of hydrogen-bond acceptors (Lipinski definition) is 3. The summed E-state index contributed by atoms with van der Waals surface area (Å²) in [5, 5.41) is 0. The van der Waals surface area contributed by atoms with Gasteiger partial charge < -0.3 is 0 Å². The molecule has 1 aromatic heterocycles. The van der Waals surface area contributed by atoms with E-state index in [0.29, 0.717) is 4.88 Å². The van der Waals surface area contributed by atoms with Gasteiger partial charge in [-0.2, -0.15) is 4.37 Å². The largest absolute Gasteiger partial charge is 0.288 e. The summed E-state index contributed by atoms with van der Waals surface area (Å²) in [5.41, 5.74) is 2.73. The minimum atomic E-state index is 0.0595. The molecule has 0 amide bonds. The Labute approximate surface area is 92.7 Å². The second-order valence-electron chi connectivity index (χ2n) is 3.53. The van der Waals surface area contributed by atoms with E-state index in [2.05, 4.69) is 4.37 Å². The number of ketones is 1. The van der Waals surface area contributed by atoms with Crippen molar-refractivity contribution in [3.05, 3.63) is 52.0 Å². The molecule has 0 aliphatic rings. The Hall–Kier alpha value is -1.48. The lowest BCUT2D eigenvalue weighted by atomic mass is 10.1. The van der Waals surface area contributed by atoms with Crippen molar-refractivity contribution in [3.8, 4) is 0 Å². The molecule has 1 heterocycles. The van der Waals surface area contributed by atoms with E-state index < -0.39 is 0 Å². The fourth-order valence-electron chi connectivity index (χ4n) is 1.40. The van der Waals surface area contributed by atoms with E-state index in [-0.39, 0.29) is 5.78 Å². The molecule has 0 N–H and O–H groups in total. The Bertz CT molecular complexity index is 502. The van der Waals surface area contributed by atoms with Crippen LogP contribution in [-0.2, 0) is 0 Å². The summed E-state index contributed by atoms with van der Waals surface area (Å²) >= 11 is 1.26. The van der Waals surface area contributed by atoms with Crippen molar-refractivity contribution in [2.24, 2.45) is 0 Å². The third kappa shape index (κ3) is 2.13. The molecule has 0 fully saturated rings. The first-order valence-corrected chi connectivity index (χ1v) is 5.49. The van der Waals surface area contributed by atoms with Gasteiger partial charge in [0.1, 0.15) is 0 Å². The third-order valence-corrected chi connectivity index (χ3v) is 3.01. The molecule has 2 aromatic rings. The molecule has 3 heteroatoms. The summed E-state index contributed by atoms with van der Waals surface area (Å²) < 4.78 is 4.11. The Morgan fingerprint density at radius 3 is 2.67 bits per heavy atom. The van der Waals surface area contributed by atoms with Crippen LogP contribution < -0.4 is 0 Å². The Morgan fingerprint density at radius 2 is 2.07 bits per heavy atom. The molecule has 1 aromatic carbocycles. The predicted octanol–water partition coefficient (Wildman–Crippen LogP) is 2.99. The smallest absolute Gasteiger partial charge is 0.204 e. The van der Waals surface area contributed by atoms with Crippen LogP contribution in [-0.4, -0.2) is 10.2 Å². The van der Waals surface area contributed by atoms with Crippen LogP contribution in [0.1, 0.15) is 26.5 Å². The zero-order chi connectivity index (χ0) is 10.8. The van der Waals surface area contributed by atoms with Gasteiger partial charge in [0.05, 0.1) is 10.6 Å². The van der Waals surface area contributed by atoms with Crippen LogP contribution in [0.2, 0.25) is 0 Å². The van der Waals surface area contributed by atoms with Gasteiger partial charge in [-0.15, -0.1) is 0 Å². The van der Waals surface area contributed by atoms with Crippen molar-refractivity contribution in [1.29, 1.82) is 0 Å². The van der Waals surface area contributed by atoms with Crippen LogP contribution >= 0.6 is 11.5 Å². The summed E-state index contributed by atoms with van der Waals surface area (Å²) in [7, 11) is 0. The lowest BCUT2D eigenvalue weighted by molar-refractivity contribution is 0.104. The van der Waals surface area contributed by atoms with Gasteiger partial charge in [0.15, 0.2) is 0 Å². The average molecular weight is 217 g/mol. The van der Waals surface area contributed by atoms with Crippen LogP contribution in [0.25, 0.3) is 0 Å². The molecule has 0 saturated heterocycles. The molecule has 0 radical (unpaired) electrons. The highest BCUT2D eigenvalue weighted by atomic mass is 32.1. The van der Waals surface area contributed by atoms with Crippen molar-refractivity contribution >= 4 is 17.3 Å². The number of aryl methyl sites for hydroxylation is 2. The van der Waals surface area contributed by atoms with E-state index in [1.165, 1.54) is 11.5 Å². The zero-order valence-corrected chi connectivity index (χ0v) is 9.47. The topological polar surface area (TPSA) is 30.0 Å². The highest BCUT2D eigenvalue weighted by molar-refractivity contribution is 7.08. The Kier molecular flexibility index (Phi) is 2.64. The van der Waals surface area contributed by atoms with Crippen LogP contribution in [0.4, 0.5) is 0 Å². The maximum atomic E-state index is 12.0. The second-order valence-corrected chi connectivity index (χ2v) is 4.34. The Balaban J connectivity index is 2.36. The van der Waals surface area contributed by atoms with E-state index in [1.807, 2.05) is 44.2 Å². The quantitative estimate of drug-likeness (QED) is 0.724. The maximum absolute atomic E-state index is 12.0. The van der Waals surface area contributed by atoms with Gasteiger partial charge in [0.25, 0.3) is 0 Å². The summed E-state index contributed by atoms with van der Waals surface area (Å²) in [6, 6.07) is 9.45. The van der Waals surface area contributed by atoms with Crippen molar-refractivity contribution < 1.29 is 4.79 Å². The second kappa shape index (κ2) is 3.95. The summed E-state index contributed by atoms with van der Waals surface area (Å²) in [5.74, 6) is 0.0595. The van der Waals surface area contributed by atoms with Gasteiger partial charge in [0, 0.05) is 5.56 Å².